The Morgan fingerprint density at radius 2 is 0.415 bits per heavy atom. The first-order valence-corrected chi connectivity index (χ1v) is 29.5. The second-order valence-corrected chi connectivity index (χ2v) is 20.3. The van der Waals surface area contributed by atoms with Crippen molar-refractivity contribution in [3.63, 3.8) is 0 Å². The molecule has 0 rings (SSSR count). The molecule has 65 heavy (non-hydrogen) atoms. The molecule has 0 aliphatic rings. The zero-order chi connectivity index (χ0) is 47.2. The fourth-order valence-electron chi connectivity index (χ4n) is 9.15. The maximum absolute atomic E-state index is 12.8. The van der Waals surface area contributed by atoms with Crippen molar-refractivity contribution in [3.05, 3.63) is 0 Å². The molecule has 0 amide bonds. The van der Waals surface area contributed by atoms with Crippen LogP contribution in [0.4, 0.5) is 0 Å². The quantitative estimate of drug-likeness (QED) is 0.0344. The molecule has 0 saturated heterocycles. The summed E-state index contributed by atoms with van der Waals surface area (Å²) in [7, 11) is 0. The van der Waals surface area contributed by atoms with Crippen molar-refractivity contribution >= 4 is 17.9 Å². The van der Waals surface area contributed by atoms with Gasteiger partial charge in [0.1, 0.15) is 13.2 Å². The first-order valence-electron chi connectivity index (χ1n) is 29.5. The molecule has 0 aromatic heterocycles. The number of carbonyl (C=O) groups excluding carboxylic acids is 3. The standard InChI is InChI=1S/C59H114O6/c1-4-7-10-13-16-19-22-25-27-29-31-33-35-38-40-43-46-49-52-58(61)64-55-56(65-59(62)53-50-47-44-41-36-24-21-18-15-12-9-6-3)54-63-57(60)51-48-45-42-39-37-34-32-30-28-26-23-20-17-14-11-8-5-2/h56H,4-55H2,1-3H3/t56-/m1/s1. The highest BCUT2D eigenvalue weighted by molar-refractivity contribution is 5.71. The highest BCUT2D eigenvalue weighted by atomic mass is 16.6. The lowest BCUT2D eigenvalue weighted by molar-refractivity contribution is -0.167. The average Bonchev–Trinajstić information content (AvgIpc) is 3.30. The molecule has 0 aromatic carbocycles. The fraction of sp³-hybridized carbons (Fsp3) is 0.949. The monoisotopic (exact) mass is 919 g/mol. The van der Waals surface area contributed by atoms with Crippen LogP contribution in [-0.4, -0.2) is 37.2 Å². The topological polar surface area (TPSA) is 78.9 Å². The van der Waals surface area contributed by atoms with E-state index in [2.05, 4.69) is 20.8 Å². The zero-order valence-electron chi connectivity index (χ0n) is 44.3. The number of carbonyl (C=O) groups is 3. The molecular weight excluding hydrogens is 805 g/mol. The Balaban J connectivity index is 4.24. The van der Waals surface area contributed by atoms with Crippen molar-refractivity contribution in [2.75, 3.05) is 13.2 Å². The second kappa shape index (κ2) is 55.0. The molecule has 0 unspecified atom stereocenters. The van der Waals surface area contributed by atoms with Crippen molar-refractivity contribution in [2.24, 2.45) is 0 Å². The molecule has 1 atom stereocenters. The van der Waals surface area contributed by atoms with Crippen LogP contribution in [-0.2, 0) is 28.6 Å². The van der Waals surface area contributed by atoms with Crippen LogP contribution in [0, 0.1) is 0 Å². The summed E-state index contributed by atoms with van der Waals surface area (Å²) in [6.45, 7) is 6.71. The van der Waals surface area contributed by atoms with E-state index in [-0.39, 0.29) is 31.1 Å². The molecule has 6 nitrogen and oxygen atoms in total. The number of hydrogen-bond acceptors (Lipinski definition) is 6. The lowest BCUT2D eigenvalue weighted by Gasteiger charge is -2.18. The number of ether oxygens (including phenoxy) is 3. The van der Waals surface area contributed by atoms with Gasteiger partial charge in [0.25, 0.3) is 0 Å². The van der Waals surface area contributed by atoms with Crippen molar-refractivity contribution < 1.29 is 28.6 Å². The molecule has 386 valence electrons. The summed E-state index contributed by atoms with van der Waals surface area (Å²) in [6, 6.07) is 0. The molecule has 0 spiro atoms. The number of unbranched alkanes of at least 4 members (excludes halogenated alkanes) is 44. The Morgan fingerprint density at radius 3 is 0.615 bits per heavy atom. The summed E-state index contributed by atoms with van der Waals surface area (Å²) in [6.07, 6.45) is 60.9. The lowest BCUT2D eigenvalue weighted by atomic mass is 10.0. The zero-order valence-corrected chi connectivity index (χ0v) is 44.3. The normalized spacial score (nSPS) is 11.9. The van der Waals surface area contributed by atoms with E-state index in [4.69, 9.17) is 14.2 Å². The maximum atomic E-state index is 12.8. The molecule has 0 aliphatic carbocycles. The van der Waals surface area contributed by atoms with E-state index in [9.17, 15) is 14.4 Å². The van der Waals surface area contributed by atoms with Crippen molar-refractivity contribution in [2.45, 2.75) is 348 Å². The first kappa shape index (κ1) is 63.4. The molecule has 0 heterocycles. The Morgan fingerprint density at radius 1 is 0.246 bits per heavy atom. The molecular formula is C59H114O6. The summed E-state index contributed by atoms with van der Waals surface area (Å²) in [5.41, 5.74) is 0. The summed E-state index contributed by atoms with van der Waals surface area (Å²) in [5, 5.41) is 0. The van der Waals surface area contributed by atoms with Crippen LogP contribution in [0.15, 0.2) is 0 Å². The van der Waals surface area contributed by atoms with Crippen LogP contribution in [0.25, 0.3) is 0 Å². The van der Waals surface area contributed by atoms with Crippen LogP contribution in [0.5, 0.6) is 0 Å². The van der Waals surface area contributed by atoms with E-state index >= 15 is 0 Å². The molecule has 0 radical (unpaired) electrons. The predicted octanol–water partition coefficient (Wildman–Crippen LogP) is 19.5. The van der Waals surface area contributed by atoms with Gasteiger partial charge in [0, 0.05) is 19.3 Å². The van der Waals surface area contributed by atoms with Crippen LogP contribution in [0.3, 0.4) is 0 Å². The van der Waals surface area contributed by atoms with E-state index in [1.165, 1.54) is 244 Å². The van der Waals surface area contributed by atoms with Crippen molar-refractivity contribution in [3.8, 4) is 0 Å². The van der Waals surface area contributed by atoms with Gasteiger partial charge in [0.2, 0.25) is 0 Å². The molecule has 0 bridgehead atoms. The third-order valence-electron chi connectivity index (χ3n) is 13.6. The van der Waals surface area contributed by atoms with Crippen LogP contribution in [0.2, 0.25) is 0 Å². The summed E-state index contributed by atoms with van der Waals surface area (Å²) < 4.78 is 16.9. The number of esters is 3. The first-order chi connectivity index (χ1) is 32.0. The van der Waals surface area contributed by atoms with Gasteiger partial charge >= 0.3 is 17.9 Å². The maximum Gasteiger partial charge on any atom is 0.306 e. The van der Waals surface area contributed by atoms with Gasteiger partial charge in [-0.1, -0.05) is 303 Å². The molecule has 6 heteroatoms. The lowest BCUT2D eigenvalue weighted by Crippen LogP contribution is -2.30. The van der Waals surface area contributed by atoms with Crippen LogP contribution >= 0.6 is 0 Å². The van der Waals surface area contributed by atoms with Gasteiger partial charge in [-0.2, -0.15) is 0 Å². The number of rotatable bonds is 55. The Labute approximate surface area is 406 Å². The van der Waals surface area contributed by atoms with Gasteiger partial charge in [0.15, 0.2) is 6.10 Å². The molecule has 0 aromatic rings. The van der Waals surface area contributed by atoms with E-state index in [1.807, 2.05) is 0 Å². The van der Waals surface area contributed by atoms with Crippen LogP contribution < -0.4 is 0 Å². The summed E-state index contributed by atoms with van der Waals surface area (Å²) in [4.78, 5) is 38.1. The minimum atomic E-state index is -0.761. The smallest absolute Gasteiger partial charge is 0.306 e. The predicted molar refractivity (Wildman–Crippen MR) is 280 cm³/mol. The van der Waals surface area contributed by atoms with Crippen LogP contribution in [0.1, 0.15) is 342 Å². The fourth-order valence-corrected chi connectivity index (χ4v) is 9.15. The summed E-state index contributed by atoms with van der Waals surface area (Å²) >= 11 is 0. The highest BCUT2D eigenvalue weighted by Crippen LogP contribution is 2.18. The van der Waals surface area contributed by atoms with Gasteiger partial charge in [-0.15, -0.1) is 0 Å². The minimum Gasteiger partial charge on any atom is -0.462 e. The Kier molecular flexibility index (Phi) is 53.7. The summed E-state index contributed by atoms with van der Waals surface area (Å²) in [5.74, 6) is -0.831. The van der Waals surface area contributed by atoms with Crippen molar-refractivity contribution in [1.29, 1.82) is 0 Å². The minimum absolute atomic E-state index is 0.0610. The van der Waals surface area contributed by atoms with E-state index in [1.54, 1.807) is 0 Å². The number of hydrogen-bond donors (Lipinski definition) is 0. The third kappa shape index (κ3) is 53.2. The molecule has 0 N–H and O–H groups in total. The van der Waals surface area contributed by atoms with Gasteiger partial charge in [-0.3, -0.25) is 14.4 Å². The average molecular weight is 920 g/mol. The Bertz CT molecular complexity index is 967. The second-order valence-electron chi connectivity index (χ2n) is 20.3. The third-order valence-corrected chi connectivity index (χ3v) is 13.6. The molecule has 0 saturated carbocycles. The van der Waals surface area contributed by atoms with E-state index in [0.717, 1.165) is 57.8 Å². The van der Waals surface area contributed by atoms with Gasteiger partial charge < -0.3 is 14.2 Å². The molecule has 0 aliphatic heterocycles. The largest absolute Gasteiger partial charge is 0.462 e. The SMILES string of the molecule is CCCCCCCCCCCCCCCCCCCCC(=O)OC[C@@H](COC(=O)CCCCCCCCCCCCCCCCCCC)OC(=O)CCCCCCCCCCCCCC. The Hall–Kier alpha value is -1.59. The van der Waals surface area contributed by atoms with E-state index < -0.39 is 6.10 Å². The van der Waals surface area contributed by atoms with Gasteiger partial charge in [-0.05, 0) is 19.3 Å². The van der Waals surface area contributed by atoms with Gasteiger partial charge in [0.05, 0.1) is 0 Å². The van der Waals surface area contributed by atoms with Crippen molar-refractivity contribution in [1.82, 2.24) is 0 Å². The molecule has 0 fully saturated rings. The van der Waals surface area contributed by atoms with E-state index in [0.29, 0.717) is 19.3 Å². The van der Waals surface area contributed by atoms with Gasteiger partial charge in [-0.25, -0.2) is 0 Å². The highest BCUT2D eigenvalue weighted by Gasteiger charge is 2.19.